The average Bonchev–Trinajstić information content (AvgIpc) is 2.48. The highest BCUT2D eigenvalue weighted by molar-refractivity contribution is 7.81. The van der Waals surface area contributed by atoms with Gasteiger partial charge >= 0.3 is 11.9 Å². The van der Waals surface area contributed by atoms with Crippen molar-refractivity contribution in [1.82, 2.24) is 0 Å². The molecular formula is C14H8F4N2O2S. The van der Waals surface area contributed by atoms with Crippen molar-refractivity contribution in [2.75, 3.05) is 5.32 Å². The molecule has 23 heavy (non-hydrogen) atoms. The van der Waals surface area contributed by atoms with E-state index in [4.69, 9.17) is 12.2 Å². The molecule has 0 spiro atoms. The van der Waals surface area contributed by atoms with E-state index in [1.165, 1.54) is 18.2 Å². The van der Waals surface area contributed by atoms with Crippen LogP contribution < -0.4 is 5.32 Å². The van der Waals surface area contributed by atoms with Gasteiger partial charge in [-0.1, -0.05) is 24.4 Å². The predicted octanol–water partition coefficient (Wildman–Crippen LogP) is 4.54. The number of rotatable bonds is 3. The largest absolute Gasteiger partial charge is 0.416 e. The molecule has 2 rings (SSSR count). The molecule has 2 aromatic carbocycles. The third-order valence-electron chi connectivity index (χ3n) is 2.88. The lowest BCUT2D eigenvalue weighted by molar-refractivity contribution is -0.387. The van der Waals surface area contributed by atoms with E-state index in [0.29, 0.717) is 5.56 Å². The molecule has 0 fully saturated rings. The fourth-order valence-electron chi connectivity index (χ4n) is 1.74. The SMILES string of the molecule is O=[N+]([O-])c1cc(NC(=S)c2ccc(C(F)(F)F)cc2)ccc1F. The number of nitrogens with zero attached hydrogens (tertiary/aromatic N) is 1. The van der Waals surface area contributed by atoms with Gasteiger partial charge in [0.05, 0.1) is 10.5 Å². The minimum atomic E-state index is -4.45. The van der Waals surface area contributed by atoms with Crippen LogP contribution in [0.15, 0.2) is 42.5 Å². The number of halogens is 4. The molecule has 120 valence electrons. The van der Waals surface area contributed by atoms with Crippen molar-refractivity contribution in [2.24, 2.45) is 0 Å². The smallest absolute Gasteiger partial charge is 0.346 e. The Morgan fingerprint density at radius 1 is 1.13 bits per heavy atom. The van der Waals surface area contributed by atoms with Crippen molar-refractivity contribution in [3.63, 3.8) is 0 Å². The van der Waals surface area contributed by atoms with Crippen molar-refractivity contribution in [1.29, 1.82) is 0 Å². The van der Waals surface area contributed by atoms with Crippen LogP contribution in [0.4, 0.5) is 28.9 Å². The molecule has 0 bridgehead atoms. The first-order valence-corrected chi connectivity index (χ1v) is 6.52. The maximum Gasteiger partial charge on any atom is 0.416 e. The Morgan fingerprint density at radius 3 is 2.26 bits per heavy atom. The van der Waals surface area contributed by atoms with Gasteiger partial charge in [-0.15, -0.1) is 0 Å². The maximum absolute atomic E-state index is 13.2. The molecule has 0 saturated carbocycles. The fraction of sp³-hybridized carbons (Fsp3) is 0.0714. The summed E-state index contributed by atoms with van der Waals surface area (Å²) in [5.41, 5.74) is -1.10. The maximum atomic E-state index is 13.2. The van der Waals surface area contributed by atoms with E-state index >= 15 is 0 Å². The van der Waals surface area contributed by atoms with Crippen LogP contribution in [0, 0.1) is 15.9 Å². The molecule has 0 aliphatic rings. The number of benzene rings is 2. The number of nitrogens with one attached hydrogen (secondary N) is 1. The molecule has 1 N–H and O–H groups in total. The van der Waals surface area contributed by atoms with E-state index < -0.39 is 28.2 Å². The molecule has 0 heterocycles. The topological polar surface area (TPSA) is 55.2 Å². The number of hydrogen-bond acceptors (Lipinski definition) is 3. The number of anilines is 1. The minimum absolute atomic E-state index is 0.0552. The highest BCUT2D eigenvalue weighted by atomic mass is 32.1. The summed E-state index contributed by atoms with van der Waals surface area (Å²) >= 11 is 5.03. The number of hydrogen-bond donors (Lipinski definition) is 1. The van der Waals surface area contributed by atoms with Gasteiger partial charge in [-0.3, -0.25) is 10.1 Å². The third-order valence-corrected chi connectivity index (χ3v) is 3.21. The number of nitro groups is 1. The van der Waals surface area contributed by atoms with Crippen LogP contribution in [-0.2, 0) is 6.18 Å². The fourth-order valence-corrected chi connectivity index (χ4v) is 2.00. The van der Waals surface area contributed by atoms with E-state index in [9.17, 15) is 27.7 Å². The summed E-state index contributed by atoms with van der Waals surface area (Å²) in [4.78, 5) is 9.83. The second kappa shape index (κ2) is 6.29. The lowest BCUT2D eigenvalue weighted by atomic mass is 10.1. The molecule has 4 nitrogen and oxygen atoms in total. The normalized spacial score (nSPS) is 11.1. The lowest BCUT2D eigenvalue weighted by Crippen LogP contribution is -2.12. The van der Waals surface area contributed by atoms with Crippen molar-refractivity contribution in [3.8, 4) is 0 Å². The van der Waals surface area contributed by atoms with E-state index in [1.807, 2.05) is 0 Å². The summed E-state index contributed by atoms with van der Waals surface area (Å²) in [5.74, 6) is -0.999. The summed E-state index contributed by atoms with van der Waals surface area (Å²) < 4.78 is 50.7. The monoisotopic (exact) mass is 344 g/mol. The zero-order valence-electron chi connectivity index (χ0n) is 11.2. The third kappa shape index (κ3) is 4.01. The number of thiocarbonyl (C=S) groups is 1. The summed E-state index contributed by atoms with van der Waals surface area (Å²) in [6.07, 6.45) is -4.45. The number of nitro benzene ring substituents is 1. The Hall–Kier alpha value is -2.55. The Kier molecular flexibility index (Phi) is 4.60. The van der Waals surface area contributed by atoms with Gasteiger partial charge in [0.1, 0.15) is 4.99 Å². The van der Waals surface area contributed by atoms with Crippen LogP contribution in [0.25, 0.3) is 0 Å². The average molecular weight is 344 g/mol. The van der Waals surface area contributed by atoms with Gasteiger partial charge in [0.15, 0.2) is 0 Å². The molecular weight excluding hydrogens is 336 g/mol. The van der Waals surface area contributed by atoms with Gasteiger partial charge in [0.25, 0.3) is 0 Å². The summed E-state index contributed by atoms with van der Waals surface area (Å²) in [7, 11) is 0. The molecule has 0 aliphatic carbocycles. The van der Waals surface area contributed by atoms with Crippen molar-refractivity contribution in [3.05, 3.63) is 69.5 Å². The van der Waals surface area contributed by atoms with Crippen molar-refractivity contribution in [2.45, 2.75) is 6.18 Å². The minimum Gasteiger partial charge on any atom is -0.346 e. The molecule has 0 aromatic heterocycles. The molecule has 0 atom stereocenters. The second-order valence-corrected chi connectivity index (χ2v) is 4.86. The Morgan fingerprint density at radius 2 is 1.74 bits per heavy atom. The molecule has 2 aromatic rings. The molecule has 0 aliphatic heterocycles. The summed E-state index contributed by atoms with van der Waals surface area (Å²) in [6.45, 7) is 0. The van der Waals surface area contributed by atoms with Crippen molar-refractivity contribution < 1.29 is 22.5 Å². The number of alkyl halides is 3. The highest BCUT2D eigenvalue weighted by Crippen LogP contribution is 2.29. The van der Waals surface area contributed by atoms with E-state index in [-0.39, 0.29) is 10.7 Å². The summed E-state index contributed by atoms with van der Waals surface area (Å²) in [6, 6.07) is 7.18. The zero-order valence-corrected chi connectivity index (χ0v) is 12.0. The quantitative estimate of drug-likeness (QED) is 0.384. The molecule has 0 radical (unpaired) electrons. The first-order chi connectivity index (χ1) is 10.7. The van der Waals surface area contributed by atoms with Crippen LogP contribution in [0.2, 0.25) is 0 Å². The van der Waals surface area contributed by atoms with Crippen molar-refractivity contribution >= 4 is 28.6 Å². The first kappa shape index (κ1) is 16.8. The molecule has 9 heteroatoms. The van der Waals surface area contributed by atoms with Gasteiger partial charge in [0, 0.05) is 17.3 Å². The van der Waals surface area contributed by atoms with Crippen LogP contribution in [-0.4, -0.2) is 9.91 Å². The van der Waals surface area contributed by atoms with Crippen LogP contribution in [0.5, 0.6) is 0 Å². The lowest BCUT2D eigenvalue weighted by Gasteiger charge is -2.10. The van der Waals surface area contributed by atoms with Gasteiger partial charge < -0.3 is 5.32 Å². The predicted molar refractivity (Wildman–Crippen MR) is 79.8 cm³/mol. The second-order valence-electron chi connectivity index (χ2n) is 4.45. The van der Waals surface area contributed by atoms with Crippen LogP contribution >= 0.6 is 12.2 Å². The Labute approximate surface area is 132 Å². The first-order valence-electron chi connectivity index (χ1n) is 6.11. The van der Waals surface area contributed by atoms with Gasteiger partial charge in [-0.05, 0) is 24.3 Å². The summed E-state index contributed by atoms with van der Waals surface area (Å²) in [5, 5.41) is 13.3. The zero-order chi connectivity index (χ0) is 17.2. The van der Waals surface area contributed by atoms with E-state index in [1.54, 1.807) is 0 Å². The Balaban J connectivity index is 2.19. The van der Waals surface area contributed by atoms with Crippen LogP contribution in [0.3, 0.4) is 0 Å². The van der Waals surface area contributed by atoms with E-state index in [0.717, 1.165) is 24.3 Å². The van der Waals surface area contributed by atoms with Gasteiger partial charge in [-0.25, -0.2) is 0 Å². The van der Waals surface area contributed by atoms with E-state index in [2.05, 4.69) is 5.32 Å². The standard InChI is InChI=1S/C14H8F4N2O2S/c15-11-6-5-10(7-12(11)20(21)22)19-13(23)8-1-3-9(4-2-8)14(16,17)18/h1-7H,(H,19,23). The van der Waals surface area contributed by atoms with Gasteiger partial charge in [-0.2, -0.15) is 17.6 Å². The Bertz CT molecular complexity index is 760. The van der Waals surface area contributed by atoms with Crippen LogP contribution in [0.1, 0.15) is 11.1 Å². The molecule has 0 unspecified atom stereocenters. The molecule has 0 amide bonds. The molecule has 0 saturated heterocycles. The highest BCUT2D eigenvalue weighted by Gasteiger charge is 2.30. The van der Waals surface area contributed by atoms with Gasteiger partial charge in [0.2, 0.25) is 5.82 Å².